The van der Waals surface area contributed by atoms with Gasteiger partial charge in [0.05, 0.1) is 5.69 Å². The van der Waals surface area contributed by atoms with Crippen molar-refractivity contribution in [3.05, 3.63) is 46.8 Å². The van der Waals surface area contributed by atoms with Crippen molar-refractivity contribution in [2.45, 2.75) is 40.3 Å². The van der Waals surface area contributed by atoms with Crippen molar-refractivity contribution in [2.75, 3.05) is 6.54 Å². The van der Waals surface area contributed by atoms with Crippen LogP contribution in [0, 0.1) is 13.8 Å². The van der Waals surface area contributed by atoms with E-state index in [1.165, 1.54) is 11.1 Å². The maximum atomic E-state index is 5.85. The third kappa shape index (κ3) is 4.10. The molecule has 2 rings (SSSR count). The van der Waals surface area contributed by atoms with E-state index in [0.29, 0.717) is 6.61 Å². The summed E-state index contributed by atoms with van der Waals surface area (Å²) in [7, 11) is 0. The van der Waals surface area contributed by atoms with Crippen LogP contribution in [0.15, 0.2) is 28.8 Å². The Hall–Kier alpha value is -1.81. The van der Waals surface area contributed by atoms with Gasteiger partial charge in [0.15, 0.2) is 5.76 Å². The molecule has 108 valence electrons. The van der Waals surface area contributed by atoms with Crippen LogP contribution in [-0.2, 0) is 13.2 Å². The number of ether oxygens (including phenoxy) is 1. The lowest BCUT2D eigenvalue weighted by molar-refractivity contribution is 0.246. The predicted molar refractivity (Wildman–Crippen MR) is 78.7 cm³/mol. The number of aromatic nitrogens is 1. The van der Waals surface area contributed by atoms with Gasteiger partial charge in [0, 0.05) is 18.2 Å². The van der Waals surface area contributed by atoms with Crippen molar-refractivity contribution in [3.63, 3.8) is 0 Å². The highest BCUT2D eigenvalue weighted by molar-refractivity contribution is 5.37. The molecule has 0 amide bonds. The lowest BCUT2D eigenvalue weighted by Gasteiger charge is -2.12. The second-order valence-electron chi connectivity index (χ2n) is 5.01. The lowest BCUT2D eigenvalue weighted by atomic mass is 10.1. The Bertz CT molecular complexity index is 549. The van der Waals surface area contributed by atoms with Gasteiger partial charge in [-0.2, -0.15) is 0 Å². The van der Waals surface area contributed by atoms with Crippen molar-refractivity contribution >= 4 is 0 Å². The summed E-state index contributed by atoms with van der Waals surface area (Å²) in [4.78, 5) is 0. The van der Waals surface area contributed by atoms with E-state index < -0.39 is 0 Å². The first kappa shape index (κ1) is 14.6. The molecule has 1 N–H and O–H groups in total. The summed E-state index contributed by atoms with van der Waals surface area (Å²) >= 11 is 0. The van der Waals surface area contributed by atoms with Crippen molar-refractivity contribution in [2.24, 2.45) is 0 Å². The summed E-state index contributed by atoms with van der Waals surface area (Å²) in [5.41, 5.74) is 3.29. The molecular weight excluding hydrogens is 252 g/mol. The zero-order chi connectivity index (χ0) is 14.4. The zero-order valence-corrected chi connectivity index (χ0v) is 12.4. The number of hydrogen-bond acceptors (Lipinski definition) is 4. The SMILES string of the molecule is CCCNCc1cc(C)ccc1OCc1cc(C)no1. The molecule has 0 saturated heterocycles. The molecule has 2 aromatic rings. The van der Waals surface area contributed by atoms with Crippen LogP contribution in [0.25, 0.3) is 0 Å². The number of rotatable bonds is 7. The molecule has 4 nitrogen and oxygen atoms in total. The number of aryl methyl sites for hydroxylation is 2. The molecule has 20 heavy (non-hydrogen) atoms. The standard InChI is InChI=1S/C16H22N2O2/c1-4-7-17-10-14-8-12(2)5-6-16(14)19-11-15-9-13(3)18-20-15/h5-6,8-9,17H,4,7,10-11H2,1-3H3. The first-order valence-corrected chi connectivity index (χ1v) is 7.04. The fourth-order valence-electron chi connectivity index (χ4n) is 2.02. The second kappa shape index (κ2) is 7.10. The van der Waals surface area contributed by atoms with Crippen LogP contribution in [0.2, 0.25) is 0 Å². The van der Waals surface area contributed by atoms with Crippen LogP contribution in [0.4, 0.5) is 0 Å². The summed E-state index contributed by atoms with van der Waals surface area (Å²) < 4.78 is 11.0. The number of hydrogen-bond donors (Lipinski definition) is 1. The molecule has 0 aliphatic heterocycles. The van der Waals surface area contributed by atoms with Gasteiger partial charge < -0.3 is 14.6 Å². The van der Waals surface area contributed by atoms with Gasteiger partial charge in [0.1, 0.15) is 12.4 Å². The fourth-order valence-corrected chi connectivity index (χ4v) is 2.02. The van der Waals surface area contributed by atoms with Crippen LogP contribution in [0.1, 0.15) is 35.9 Å². The van der Waals surface area contributed by atoms with E-state index in [4.69, 9.17) is 9.26 Å². The van der Waals surface area contributed by atoms with Gasteiger partial charge in [-0.05, 0) is 32.9 Å². The molecule has 4 heteroatoms. The molecule has 1 aromatic heterocycles. The first-order chi connectivity index (χ1) is 9.69. The van der Waals surface area contributed by atoms with Gasteiger partial charge in [-0.15, -0.1) is 0 Å². The van der Waals surface area contributed by atoms with Crippen molar-refractivity contribution in [1.29, 1.82) is 0 Å². The van der Waals surface area contributed by atoms with Crippen LogP contribution < -0.4 is 10.1 Å². The van der Waals surface area contributed by atoms with Crippen molar-refractivity contribution < 1.29 is 9.26 Å². The quantitative estimate of drug-likeness (QED) is 0.786. The molecular formula is C16H22N2O2. The second-order valence-corrected chi connectivity index (χ2v) is 5.01. The molecule has 0 bridgehead atoms. The highest BCUT2D eigenvalue weighted by Crippen LogP contribution is 2.21. The highest BCUT2D eigenvalue weighted by Gasteiger charge is 2.06. The Kier molecular flexibility index (Phi) is 5.18. The molecule has 0 unspecified atom stereocenters. The van der Waals surface area contributed by atoms with Gasteiger partial charge in [-0.1, -0.05) is 29.8 Å². The van der Waals surface area contributed by atoms with E-state index in [1.54, 1.807) is 0 Å². The Morgan fingerprint density at radius 2 is 2.10 bits per heavy atom. The molecule has 0 aliphatic carbocycles. The summed E-state index contributed by atoms with van der Waals surface area (Å²) in [5, 5.41) is 7.26. The Balaban J connectivity index is 2.01. The Morgan fingerprint density at radius 3 is 2.80 bits per heavy atom. The molecule has 0 radical (unpaired) electrons. The average molecular weight is 274 g/mol. The minimum absolute atomic E-state index is 0.407. The van der Waals surface area contributed by atoms with Gasteiger partial charge in [-0.25, -0.2) is 0 Å². The minimum Gasteiger partial charge on any atom is -0.485 e. The van der Waals surface area contributed by atoms with E-state index in [0.717, 1.165) is 36.7 Å². The monoisotopic (exact) mass is 274 g/mol. The van der Waals surface area contributed by atoms with Crippen LogP contribution in [-0.4, -0.2) is 11.7 Å². The summed E-state index contributed by atoms with van der Waals surface area (Å²) in [6, 6.07) is 8.12. The maximum absolute atomic E-state index is 5.85. The number of nitrogens with one attached hydrogen (secondary N) is 1. The van der Waals surface area contributed by atoms with Crippen LogP contribution in [0.3, 0.4) is 0 Å². The minimum atomic E-state index is 0.407. The molecule has 0 aliphatic rings. The van der Waals surface area contributed by atoms with Crippen molar-refractivity contribution in [1.82, 2.24) is 10.5 Å². The third-order valence-electron chi connectivity index (χ3n) is 3.00. The highest BCUT2D eigenvalue weighted by atomic mass is 16.5. The van der Waals surface area contributed by atoms with E-state index >= 15 is 0 Å². The first-order valence-electron chi connectivity index (χ1n) is 7.04. The average Bonchev–Trinajstić information content (AvgIpc) is 2.84. The van der Waals surface area contributed by atoms with E-state index in [2.05, 4.69) is 36.5 Å². The van der Waals surface area contributed by atoms with Gasteiger partial charge in [0.25, 0.3) is 0 Å². The topological polar surface area (TPSA) is 47.3 Å². The maximum Gasteiger partial charge on any atom is 0.174 e. The molecule has 0 spiro atoms. The Morgan fingerprint density at radius 1 is 1.25 bits per heavy atom. The number of nitrogens with zero attached hydrogens (tertiary/aromatic N) is 1. The van der Waals surface area contributed by atoms with Crippen molar-refractivity contribution in [3.8, 4) is 5.75 Å². The molecule has 0 atom stereocenters. The van der Waals surface area contributed by atoms with Gasteiger partial charge in [0.2, 0.25) is 0 Å². The van der Waals surface area contributed by atoms with Crippen LogP contribution in [0.5, 0.6) is 5.75 Å². The molecule has 1 aromatic carbocycles. The summed E-state index contributed by atoms with van der Waals surface area (Å²) in [6.45, 7) is 8.39. The van der Waals surface area contributed by atoms with Gasteiger partial charge >= 0.3 is 0 Å². The normalized spacial score (nSPS) is 10.8. The smallest absolute Gasteiger partial charge is 0.174 e. The van der Waals surface area contributed by atoms with Crippen LogP contribution >= 0.6 is 0 Å². The number of benzene rings is 1. The predicted octanol–water partition coefficient (Wildman–Crippen LogP) is 3.37. The molecule has 0 saturated carbocycles. The summed E-state index contributed by atoms with van der Waals surface area (Å²) in [5.74, 6) is 1.64. The fraction of sp³-hybridized carbons (Fsp3) is 0.438. The van der Waals surface area contributed by atoms with E-state index in [9.17, 15) is 0 Å². The van der Waals surface area contributed by atoms with E-state index in [-0.39, 0.29) is 0 Å². The van der Waals surface area contributed by atoms with E-state index in [1.807, 2.05) is 19.1 Å². The molecule has 1 heterocycles. The Labute approximate surface area is 120 Å². The zero-order valence-electron chi connectivity index (χ0n) is 12.4. The molecule has 0 fully saturated rings. The summed E-state index contributed by atoms with van der Waals surface area (Å²) in [6.07, 6.45) is 1.12. The lowest BCUT2D eigenvalue weighted by Crippen LogP contribution is -2.14. The third-order valence-corrected chi connectivity index (χ3v) is 3.00. The van der Waals surface area contributed by atoms with Gasteiger partial charge in [-0.3, -0.25) is 0 Å². The largest absolute Gasteiger partial charge is 0.485 e.